The van der Waals surface area contributed by atoms with Crippen LogP contribution < -0.4 is 0 Å². The Kier molecular flexibility index (Phi) is 10.1. The molecular formula is C23H44N2O4. The summed E-state index contributed by atoms with van der Waals surface area (Å²) in [5.41, 5.74) is -0.482. The SMILES string of the molecule is CC(C)N1CCN(CCC(=O)OCC(C)(C)COC(=O)CC(C)(C)C(C)C)CC1. The smallest absolute Gasteiger partial charge is 0.307 e. The van der Waals surface area contributed by atoms with Crippen LogP contribution in [0.25, 0.3) is 0 Å². The van der Waals surface area contributed by atoms with Crippen molar-refractivity contribution in [1.29, 1.82) is 0 Å². The van der Waals surface area contributed by atoms with E-state index in [9.17, 15) is 9.59 Å². The van der Waals surface area contributed by atoms with Crippen LogP contribution in [0, 0.1) is 16.7 Å². The molecule has 0 amide bonds. The van der Waals surface area contributed by atoms with Crippen LogP contribution in [0.4, 0.5) is 0 Å². The third-order valence-corrected chi connectivity index (χ3v) is 6.18. The number of nitrogens with zero attached hydrogens (tertiary/aromatic N) is 2. The number of carbonyl (C=O) groups is 2. The lowest BCUT2D eigenvalue weighted by Gasteiger charge is -2.36. The van der Waals surface area contributed by atoms with Crippen LogP contribution in [0.5, 0.6) is 0 Å². The first-order valence-electron chi connectivity index (χ1n) is 11.1. The molecule has 0 spiro atoms. The molecular weight excluding hydrogens is 368 g/mol. The monoisotopic (exact) mass is 412 g/mol. The molecule has 1 aliphatic rings. The van der Waals surface area contributed by atoms with Crippen molar-refractivity contribution in [2.75, 3.05) is 45.9 Å². The van der Waals surface area contributed by atoms with Crippen molar-refractivity contribution in [1.82, 2.24) is 9.80 Å². The molecule has 6 nitrogen and oxygen atoms in total. The van der Waals surface area contributed by atoms with Gasteiger partial charge in [-0.3, -0.25) is 14.5 Å². The van der Waals surface area contributed by atoms with Crippen molar-refractivity contribution in [2.45, 2.75) is 74.3 Å². The van der Waals surface area contributed by atoms with Gasteiger partial charge in [0.2, 0.25) is 0 Å². The van der Waals surface area contributed by atoms with E-state index in [-0.39, 0.29) is 30.6 Å². The lowest BCUT2D eigenvalue weighted by Crippen LogP contribution is -2.49. The molecule has 1 saturated heterocycles. The van der Waals surface area contributed by atoms with Gasteiger partial charge in [0, 0.05) is 44.2 Å². The first-order valence-corrected chi connectivity index (χ1v) is 11.1. The van der Waals surface area contributed by atoms with Gasteiger partial charge in [0.25, 0.3) is 0 Å². The number of hydrogen-bond acceptors (Lipinski definition) is 6. The van der Waals surface area contributed by atoms with Crippen molar-refractivity contribution in [3.05, 3.63) is 0 Å². The Bertz CT molecular complexity index is 521. The van der Waals surface area contributed by atoms with E-state index in [2.05, 4.69) is 51.3 Å². The zero-order valence-corrected chi connectivity index (χ0v) is 20.0. The average molecular weight is 413 g/mol. The van der Waals surface area contributed by atoms with E-state index in [4.69, 9.17) is 9.47 Å². The Morgan fingerprint density at radius 3 is 1.86 bits per heavy atom. The maximum Gasteiger partial charge on any atom is 0.307 e. The number of piperazine rings is 1. The number of ether oxygens (including phenoxy) is 2. The molecule has 1 rings (SSSR count). The fraction of sp³-hybridized carbons (Fsp3) is 0.913. The summed E-state index contributed by atoms with van der Waals surface area (Å²) in [6.45, 7) is 22.1. The second kappa shape index (κ2) is 11.3. The van der Waals surface area contributed by atoms with Crippen molar-refractivity contribution in [2.24, 2.45) is 16.7 Å². The highest BCUT2D eigenvalue weighted by Gasteiger charge is 2.29. The summed E-state index contributed by atoms with van der Waals surface area (Å²) in [7, 11) is 0. The molecule has 0 aromatic heterocycles. The molecule has 0 unspecified atom stereocenters. The van der Waals surface area contributed by atoms with Crippen LogP contribution in [0.15, 0.2) is 0 Å². The van der Waals surface area contributed by atoms with Gasteiger partial charge < -0.3 is 14.4 Å². The van der Waals surface area contributed by atoms with Gasteiger partial charge in [-0.1, -0.05) is 41.5 Å². The maximum atomic E-state index is 12.2. The molecule has 29 heavy (non-hydrogen) atoms. The minimum atomic E-state index is -0.393. The normalized spacial score (nSPS) is 17.0. The predicted molar refractivity (Wildman–Crippen MR) is 117 cm³/mol. The van der Waals surface area contributed by atoms with Crippen molar-refractivity contribution >= 4 is 11.9 Å². The van der Waals surface area contributed by atoms with Gasteiger partial charge in [-0.05, 0) is 25.2 Å². The molecule has 0 N–H and O–H groups in total. The standard InChI is InChI=1S/C23H44N2O4/c1-18(2)23(7,8)15-21(27)29-17-22(5,6)16-28-20(26)9-10-24-11-13-25(14-12-24)19(3)4/h18-19H,9-17H2,1-8H3. The maximum absolute atomic E-state index is 12.2. The van der Waals surface area contributed by atoms with Crippen LogP contribution in [0.3, 0.4) is 0 Å². The molecule has 1 fully saturated rings. The van der Waals surface area contributed by atoms with E-state index < -0.39 is 5.41 Å². The zero-order valence-electron chi connectivity index (χ0n) is 20.0. The Morgan fingerprint density at radius 1 is 0.862 bits per heavy atom. The molecule has 170 valence electrons. The lowest BCUT2D eigenvalue weighted by molar-refractivity contribution is -0.154. The summed E-state index contributed by atoms with van der Waals surface area (Å²) < 4.78 is 10.9. The topological polar surface area (TPSA) is 59.1 Å². The van der Waals surface area contributed by atoms with Gasteiger partial charge in [-0.25, -0.2) is 0 Å². The zero-order chi connectivity index (χ0) is 22.2. The molecule has 0 aliphatic carbocycles. The van der Waals surface area contributed by atoms with Gasteiger partial charge in [0.15, 0.2) is 0 Å². The highest BCUT2D eigenvalue weighted by molar-refractivity contribution is 5.70. The van der Waals surface area contributed by atoms with Gasteiger partial charge in [-0.2, -0.15) is 0 Å². The number of carbonyl (C=O) groups excluding carboxylic acids is 2. The van der Waals surface area contributed by atoms with Crippen LogP contribution in [0.2, 0.25) is 0 Å². The summed E-state index contributed by atoms with van der Waals surface area (Å²) >= 11 is 0. The molecule has 0 atom stereocenters. The third kappa shape index (κ3) is 9.94. The summed E-state index contributed by atoms with van der Waals surface area (Å²) in [5.74, 6) is 0.0256. The number of rotatable bonds is 11. The molecule has 0 saturated carbocycles. The van der Waals surface area contributed by atoms with Crippen molar-refractivity contribution in [3.8, 4) is 0 Å². The Hall–Kier alpha value is -1.14. The Balaban J connectivity index is 2.25. The summed E-state index contributed by atoms with van der Waals surface area (Å²) in [4.78, 5) is 29.1. The van der Waals surface area contributed by atoms with Crippen molar-refractivity contribution in [3.63, 3.8) is 0 Å². The predicted octanol–water partition coefficient (Wildman–Crippen LogP) is 3.59. The van der Waals surface area contributed by atoms with E-state index in [0.717, 1.165) is 32.7 Å². The lowest BCUT2D eigenvalue weighted by atomic mass is 9.78. The van der Waals surface area contributed by atoms with Gasteiger partial charge >= 0.3 is 11.9 Å². The average Bonchev–Trinajstić information content (AvgIpc) is 2.63. The van der Waals surface area contributed by atoms with Crippen molar-refractivity contribution < 1.29 is 19.1 Å². The highest BCUT2D eigenvalue weighted by Crippen LogP contribution is 2.30. The second-order valence-corrected chi connectivity index (χ2v) is 10.5. The van der Waals surface area contributed by atoms with Gasteiger partial charge in [0.05, 0.1) is 26.1 Å². The largest absolute Gasteiger partial charge is 0.465 e. The molecule has 1 aliphatic heterocycles. The van der Waals surface area contributed by atoms with E-state index >= 15 is 0 Å². The quantitative estimate of drug-likeness (QED) is 0.484. The van der Waals surface area contributed by atoms with Crippen LogP contribution in [-0.2, 0) is 19.1 Å². The number of esters is 2. The summed E-state index contributed by atoms with van der Waals surface area (Å²) in [6, 6.07) is 0.579. The molecule has 0 radical (unpaired) electrons. The fourth-order valence-electron chi connectivity index (χ4n) is 3.05. The summed E-state index contributed by atoms with van der Waals surface area (Å²) in [6.07, 6.45) is 0.796. The minimum absolute atomic E-state index is 0.0889. The molecule has 0 bridgehead atoms. The highest BCUT2D eigenvalue weighted by atomic mass is 16.5. The third-order valence-electron chi connectivity index (χ3n) is 6.18. The van der Waals surface area contributed by atoms with E-state index in [1.807, 2.05) is 13.8 Å². The van der Waals surface area contributed by atoms with E-state index in [0.29, 0.717) is 24.8 Å². The minimum Gasteiger partial charge on any atom is -0.465 e. The van der Waals surface area contributed by atoms with Crippen LogP contribution >= 0.6 is 0 Å². The van der Waals surface area contributed by atoms with E-state index in [1.165, 1.54) is 0 Å². The summed E-state index contributed by atoms with van der Waals surface area (Å²) in [5, 5.41) is 0. The Labute approximate surface area is 178 Å². The fourth-order valence-corrected chi connectivity index (χ4v) is 3.05. The van der Waals surface area contributed by atoms with Crippen LogP contribution in [0.1, 0.15) is 68.2 Å². The molecule has 1 heterocycles. The number of hydrogen-bond donors (Lipinski definition) is 0. The second-order valence-electron chi connectivity index (χ2n) is 10.5. The van der Waals surface area contributed by atoms with Crippen LogP contribution in [-0.4, -0.2) is 73.7 Å². The van der Waals surface area contributed by atoms with E-state index in [1.54, 1.807) is 0 Å². The first-order chi connectivity index (χ1) is 13.3. The molecule has 0 aromatic rings. The molecule has 6 heteroatoms. The molecule has 0 aromatic carbocycles. The Morgan fingerprint density at radius 2 is 1.38 bits per heavy atom. The van der Waals surface area contributed by atoms with Gasteiger partial charge in [0.1, 0.15) is 0 Å². The van der Waals surface area contributed by atoms with Gasteiger partial charge in [-0.15, -0.1) is 0 Å². The first kappa shape index (κ1) is 25.9.